The van der Waals surface area contributed by atoms with Crippen molar-refractivity contribution in [3.8, 4) is 0 Å². The van der Waals surface area contributed by atoms with Gasteiger partial charge in [0.1, 0.15) is 5.65 Å². The molecule has 136 valence electrons. The number of benzene rings is 1. The van der Waals surface area contributed by atoms with Crippen LogP contribution in [-0.2, 0) is 13.0 Å². The molecule has 4 nitrogen and oxygen atoms in total. The van der Waals surface area contributed by atoms with Crippen molar-refractivity contribution in [2.45, 2.75) is 46.1 Å². The van der Waals surface area contributed by atoms with E-state index < -0.39 is 0 Å². The van der Waals surface area contributed by atoms with Gasteiger partial charge in [0.2, 0.25) is 0 Å². The number of carbonyl (C=O) groups is 1. The fourth-order valence-electron chi connectivity index (χ4n) is 3.24. The van der Waals surface area contributed by atoms with Crippen molar-refractivity contribution in [3.05, 3.63) is 65.5 Å². The molecular weight excluding hydrogens is 322 g/mol. The van der Waals surface area contributed by atoms with E-state index in [1.54, 1.807) is 0 Å². The highest BCUT2D eigenvalue weighted by Crippen LogP contribution is 2.20. The molecule has 0 atom stereocenters. The second-order valence-corrected chi connectivity index (χ2v) is 7.00. The molecule has 0 bridgehead atoms. The summed E-state index contributed by atoms with van der Waals surface area (Å²) in [5, 5.41) is 4.21. The van der Waals surface area contributed by atoms with Crippen LogP contribution in [0.15, 0.2) is 48.8 Å². The van der Waals surface area contributed by atoms with Crippen LogP contribution in [0.25, 0.3) is 11.0 Å². The second-order valence-electron chi connectivity index (χ2n) is 7.00. The summed E-state index contributed by atoms with van der Waals surface area (Å²) >= 11 is 0. The second kappa shape index (κ2) is 8.17. The Hall–Kier alpha value is -2.62. The lowest BCUT2D eigenvalue weighted by Crippen LogP contribution is -2.25. The molecule has 0 spiro atoms. The third-order valence-corrected chi connectivity index (χ3v) is 4.70. The fourth-order valence-corrected chi connectivity index (χ4v) is 3.24. The third kappa shape index (κ3) is 3.96. The molecule has 3 aromatic rings. The zero-order valence-corrected chi connectivity index (χ0v) is 15.8. The van der Waals surface area contributed by atoms with Gasteiger partial charge in [-0.25, -0.2) is 4.98 Å². The van der Waals surface area contributed by atoms with Gasteiger partial charge in [-0.15, -0.1) is 0 Å². The summed E-state index contributed by atoms with van der Waals surface area (Å²) in [6.45, 7) is 8.05. The summed E-state index contributed by atoms with van der Waals surface area (Å²) in [4.78, 5) is 16.9. The molecule has 1 amide bonds. The molecule has 0 fully saturated rings. The molecule has 2 heterocycles. The molecule has 0 saturated carbocycles. The third-order valence-electron chi connectivity index (χ3n) is 4.70. The average molecular weight is 349 g/mol. The van der Waals surface area contributed by atoms with Gasteiger partial charge < -0.3 is 9.88 Å². The molecule has 2 aromatic heterocycles. The first-order valence-corrected chi connectivity index (χ1v) is 9.41. The van der Waals surface area contributed by atoms with E-state index in [4.69, 9.17) is 0 Å². The van der Waals surface area contributed by atoms with E-state index in [9.17, 15) is 4.79 Å². The van der Waals surface area contributed by atoms with E-state index in [2.05, 4.69) is 47.9 Å². The first kappa shape index (κ1) is 18.2. The predicted octanol–water partition coefficient (Wildman–Crippen LogP) is 4.54. The number of aromatic nitrogens is 2. The number of nitrogens with one attached hydrogen (secondary N) is 1. The molecule has 3 rings (SSSR count). The van der Waals surface area contributed by atoms with Crippen molar-refractivity contribution >= 4 is 16.9 Å². The van der Waals surface area contributed by atoms with E-state index >= 15 is 0 Å². The van der Waals surface area contributed by atoms with Crippen molar-refractivity contribution in [1.82, 2.24) is 14.9 Å². The topological polar surface area (TPSA) is 46.9 Å². The van der Waals surface area contributed by atoms with Gasteiger partial charge >= 0.3 is 0 Å². The van der Waals surface area contributed by atoms with Gasteiger partial charge in [0.05, 0.1) is 0 Å². The van der Waals surface area contributed by atoms with Crippen LogP contribution in [-0.4, -0.2) is 22.0 Å². The minimum atomic E-state index is -0.0178. The van der Waals surface area contributed by atoms with Crippen molar-refractivity contribution in [2.24, 2.45) is 0 Å². The molecule has 0 unspecified atom stereocenters. The molecule has 4 heteroatoms. The Morgan fingerprint density at radius 1 is 1.19 bits per heavy atom. The lowest BCUT2D eigenvalue weighted by atomic mass is 10.0. The summed E-state index contributed by atoms with van der Waals surface area (Å²) < 4.78 is 2.21. The molecule has 26 heavy (non-hydrogen) atoms. The number of hydrogen-bond donors (Lipinski definition) is 1. The van der Waals surface area contributed by atoms with Gasteiger partial charge in [0.25, 0.3) is 5.91 Å². The Bertz CT molecular complexity index is 878. The Labute approximate surface area is 155 Å². The Morgan fingerprint density at radius 2 is 1.96 bits per heavy atom. The van der Waals surface area contributed by atoms with E-state index in [-0.39, 0.29) is 5.91 Å². The minimum absolute atomic E-state index is 0.0178. The van der Waals surface area contributed by atoms with Crippen LogP contribution < -0.4 is 5.32 Å². The molecule has 1 aromatic carbocycles. The van der Waals surface area contributed by atoms with E-state index in [0.717, 1.165) is 25.0 Å². The summed E-state index contributed by atoms with van der Waals surface area (Å²) in [7, 11) is 0. The number of fused-ring (bicyclic) bond motifs is 1. The van der Waals surface area contributed by atoms with E-state index in [0.29, 0.717) is 18.0 Å². The first-order chi connectivity index (χ1) is 12.6. The highest BCUT2D eigenvalue weighted by Gasteiger charge is 2.10. The molecule has 0 aliphatic carbocycles. The zero-order valence-electron chi connectivity index (χ0n) is 15.8. The smallest absolute Gasteiger partial charge is 0.251 e. The predicted molar refractivity (Wildman–Crippen MR) is 107 cm³/mol. The van der Waals surface area contributed by atoms with Crippen molar-refractivity contribution in [2.75, 3.05) is 6.54 Å². The van der Waals surface area contributed by atoms with Gasteiger partial charge in [-0.1, -0.05) is 32.9 Å². The number of pyridine rings is 1. The Morgan fingerprint density at radius 3 is 2.65 bits per heavy atom. The van der Waals surface area contributed by atoms with Crippen molar-refractivity contribution in [3.63, 3.8) is 0 Å². The molecule has 0 aliphatic rings. The van der Waals surface area contributed by atoms with Crippen LogP contribution in [0.2, 0.25) is 0 Å². The van der Waals surface area contributed by atoms with Crippen LogP contribution in [0, 0.1) is 0 Å². The van der Waals surface area contributed by atoms with Crippen LogP contribution in [0.1, 0.15) is 54.6 Å². The van der Waals surface area contributed by atoms with Gasteiger partial charge in [-0.05, 0) is 54.2 Å². The van der Waals surface area contributed by atoms with Crippen LogP contribution in [0.4, 0.5) is 0 Å². The monoisotopic (exact) mass is 349 g/mol. The summed E-state index contributed by atoms with van der Waals surface area (Å²) in [5.74, 6) is 0.455. The van der Waals surface area contributed by atoms with Gasteiger partial charge in [0.15, 0.2) is 0 Å². The molecule has 0 aliphatic heterocycles. The van der Waals surface area contributed by atoms with E-state index in [1.807, 2.05) is 36.5 Å². The number of carbonyl (C=O) groups excluding carboxylic acids is 1. The maximum atomic E-state index is 12.4. The zero-order chi connectivity index (χ0) is 18.5. The van der Waals surface area contributed by atoms with Gasteiger partial charge in [0, 0.05) is 36.4 Å². The number of amides is 1. The maximum Gasteiger partial charge on any atom is 0.251 e. The number of rotatable bonds is 7. The average Bonchev–Trinajstić information content (AvgIpc) is 3.00. The highest BCUT2D eigenvalue weighted by molar-refractivity contribution is 5.94. The normalized spacial score (nSPS) is 11.2. The number of aryl methyl sites for hydroxylation is 1. The molecule has 1 N–H and O–H groups in total. The largest absolute Gasteiger partial charge is 0.352 e. The Kier molecular flexibility index (Phi) is 5.71. The highest BCUT2D eigenvalue weighted by atomic mass is 16.1. The first-order valence-electron chi connectivity index (χ1n) is 9.41. The summed E-state index contributed by atoms with van der Waals surface area (Å²) in [5.41, 5.74) is 4.22. The maximum absolute atomic E-state index is 12.4. The van der Waals surface area contributed by atoms with Crippen molar-refractivity contribution < 1.29 is 4.79 Å². The SMILES string of the molecule is CCCn1cc(CCNC(=O)c2ccc(C(C)C)cc2)c2cccnc21. The van der Waals surface area contributed by atoms with Crippen LogP contribution in [0.3, 0.4) is 0 Å². The number of nitrogens with zero attached hydrogens (tertiary/aromatic N) is 2. The Balaban J connectivity index is 1.64. The van der Waals surface area contributed by atoms with E-state index in [1.165, 1.54) is 16.5 Å². The standard InChI is InChI=1S/C22H27N3O/c1-4-14-25-15-19(20-6-5-12-23-21(20)25)11-13-24-22(26)18-9-7-17(8-10-18)16(2)3/h5-10,12,15-16H,4,11,13-14H2,1-3H3,(H,24,26). The summed E-state index contributed by atoms with van der Waals surface area (Å²) in [6.07, 6.45) is 5.88. The van der Waals surface area contributed by atoms with Gasteiger partial charge in [-0.2, -0.15) is 0 Å². The fraction of sp³-hybridized carbons (Fsp3) is 0.364. The van der Waals surface area contributed by atoms with Crippen LogP contribution >= 0.6 is 0 Å². The lowest BCUT2D eigenvalue weighted by molar-refractivity contribution is 0.0954. The number of hydrogen-bond acceptors (Lipinski definition) is 2. The molecule has 0 radical (unpaired) electrons. The van der Waals surface area contributed by atoms with Crippen LogP contribution in [0.5, 0.6) is 0 Å². The minimum Gasteiger partial charge on any atom is -0.352 e. The summed E-state index contributed by atoms with van der Waals surface area (Å²) in [6, 6.07) is 11.9. The van der Waals surface area contributed by atoms with Gasteiger partial charge in [-0.3, -0.25) is 4.79 Å². The molecular formula is C22H27N3O. The molecule has 0 saturated heterocycles. The van der Waals surface area contributed by atoms with Crippen molar-refractivity contribution in [1.29, 1.82) is 0 Å². The quantitative estimate of drug-likeness (QED) is 0.680. The lowest BCUT2D eigenvalue weighted by Gasteiger charge is -2.08.